The third-order valence-corrected chi connectivity index (χ3v) is 4.19. The van der Waals surface area contributed by atoms with Crippen molar-refractivity contribution in [1.82, 2.24) is 5.32 Å². The summed E-state index contributed by atoms with van der Waals surface area (Å²) in [5.41, 5.74) is 0.998. The third-order valence-electron chi connectivity index (χ3n) is 4.19. The molecule has 4 heteroatoms. The van der Waals surface area contributed by atoms with Crippen LogP contribution < -0.4 is 15.0 Å². The van der Waals surface area contributed by atoms with Crippen LogP contribution in [0.25, 0.3) is 6.08 Å². The second kappa shape index (κ2) is 8.59. The Morgan fingerprint density at radius 3 is 2.59 bits per heavy atom. The summed E-state index contributed by atoms with van der Waals surface area (Å²) in [6, 6.07) is 7.99. The Bertz CT molecular complexity index is 488. The quantitative estimate of drug-likeness (QED) is 0.778. The highest BCUT2D eigenvalue weighted by Gasteiger charge is 2.21. The molecule has 1 aliphatic rings. The number of methoxy groups -OCH3 is 1. The molecule has 1 amide bonds. The summed E-state index contributed by atoms with van der Waals surface area (Å²) in [6.07, 6.45) is 6.85. The average Bonchev–Trinajstić information content (AvgIpc) is 2.55. The molecule has 22 heavy (non-hydrogen) atoms. The first-order chi connectivity index (χ1) is 10.7. The first kappa shape index (κ1) is 16.6. The fourth-order valence-electron chi connectivity index (χ4n) is 2.91. The molecule has 0 atom stereocenters. The van der Waals surface area contributed by atoms with Gasteiger partial charge in [0, 0.05) is 25.0 Å². The summed E-state index contributed by atoms with van der Waals surface area (Å²) in [5.74, 6) is 0.822. The van der Waals surface area contributed by atoms with Crippen molar-refractivity contribution < 1.29 is 14.4 Å². The van der Waals surface area contributed by atoms with E-state index in [0.29, 0.717) is 6.04 Å². The van der Waals surface area contributed by atoms with Crippen LogP contribution in [0, 0.1) is 0 Å². The average molecular weight is 303 g/mol. The van der Waals surface area contributed by atoms with E-state index in [1.165, 1.54) is 26.1 Å². The van der Waals surface area contributed by atoms with E-state index in [1.54, 1.807) is 18.1 Å². The van der Waals surface area contributed by atoms with Crippen molar-refractivity contribution >= 4 is 12.0 Å². The molecule has 120 valence electrons. The van der Waals surface area contributed by atoms with Crippen molar-refractivity contribution in [1.29, 1.82) is 0 Å². The molecule has 2 N–H and O–H groups in total. The Morgan fingerprint density at radius 2 is 2.00 bits per heavy atom. The van der Waals surface area contributed by atoms with Gasteiger partial charge in [-0.1, -0.05) is 19.1 Å². The van der Waals surface area contributed by atoms with Crippen LogP contribution in [-0.4, -0.2) is 38.7 Å². The van der Waals surface area contributed by atoms with Crippen molar-refractivity contribution in [3.63, 3.8) is 0 Å². The predicted molar refractivity (Wildman–Crippen MR) is 89.0 cm³/mol. The summed E-state index contributed by atoms with van der Waals surface area (Å²) < 4.78 is 5.12. The number of benzene rings is 1. The molecule has 1 aromatic carbocycles. The standard InChI is InChI=1S/C18H26N2O2/c1-3-12-20-13-10-16(11-14-20)19-18(21)9-6-15-4-7-17(22-2)8-5-15/h4-9,16H,3,10-14H2,1-2H3,(H,19,21)/p+1/b9-6+. The van der Waals surface area contributed by atoms with Crippen LogP contribution in [0.15, 0.2) is 30.3 Å². The predicted octanol–water partition coefficient (Wildman–Crippen LogP) is 1.28. The van der Waals surface area contributed by atoms with Gasteiger partial charge in [-0.3, -0.25) is 4.79 Å². The maximum absolute atomic E-state index is 12.0. The Balaban J connectivity index is 1.76. The zero-order valence-electron chi connectivity index (χ0n) is 13.6. The molecule has 1 fully saturated rings. The van der Waals surface area contributed by atoms with Gasteiger partial charge in [0.2, 0.25) is 5.91 Å². The maximum atomic E-state index is 12.0. The van der Waals surface area contributed by atoms with E-state index in [1.807, 2.05) is 30.3 Å². The van der Waals surface area contributed by atoms with Crippen molar-refractivity contribution in [3.8, 4) is 5.75 Å². The van der Waals surface area contributed by atoms with Crippen LogP contribution in [-0.2, 0) is 4.79 Å². The zero-order chi connectivity index (χ0) is 15.8. The Kier molecular flexibility index (Phi) is 6.46. The number of likely N-dealkylation sites (tertiary alicyclic amines) is 1. The highest BCUT2D eigenvalue weighted by molar-refractivity contribution is 5.91. The van der Waals surface area contributed by atoms with Gasteiger partial charge in [-0.2, -0.15) is 0 Å². The lowest BCUT2D eigenvalue weighted by Crippen LogP contribution is -3.13. The van der Waals surface area contributed by atoms with Gasteiger partial charge in [-0.15, -0.1) is 0 Å². The maximum Gasteiger partial charge on any atom is 0.244 e. The molecule has 0 saturated carbocycles. The van der Waals surface area contributed by atoms with Crippen LogP contribution in [0.2, 0.25) is 0 Å². The van der Waals surface area contributed by atoms with Gasteiger partial charge in [0.1, 0.15) is 5.75 Å². The number of hydrogen-bond donors (Lipinski definition) is 2. The summed E-state index contributed by atoms with van der Waals surface area (Å²) in [5, 5.41) is 3.11. The fraction of sp³-hybridized carbons (Fsp3) is 0.500. The summed E-state index contributed by atoms with van der Waals surface area (Å²) in [7, 11) is 1.64. The smallest absolute Gasteiger partial charge is 0.244 e. The number of nitrogens with one attached hydrogen (secondary N) is 2. The Hall–Kier alpha value is -1.81. The molecule has 0 aromatic heterocycles. The van der Waals surface area contributed by atoms with Crippen molar-refractivity contribution in [2.45, 2.75) is 32.2 Å². The van der Waals surface area contributed by atoms with Gasteiger partial charge >= 0.3 is 0 Å². The molecule has 1 aromatic rings. The number of piperidine rings is 1. The van der Waals surface area contributed by atoms with E-state index in [0.717, 1.165) is 24.2 Å². The summed E-state index contributed by atoms with van der Waals surface area (Å²) in [6.45, 7) is 5.81. The van der Waals surface area contributed by atoms with E-state index in [4.69, 9.17) is 4.74 Å². The molecular weight excluding hydrogens is 276 g/mol. The second-order valence-electron chi connectivity index (χ2n) is 5.89. The van der Waals surface area contributed by atoms with Gasteiger partial charge < -0.3 is 15.0 Å². The third kappa shape index (κ3) is 5.19. The molecule has 0 radical (unpaired) electrons. The van der Waals surface area contributed by atoms with Crippen LogP contribution in [0.1, 0.15) is 31.7 Å². The number of hydrogen-bond acceptors (Lipinski definition) is 2. The number of rotatable bonds is 6. The van der Waals surface area contributed by atoms with E-state index < -0.39 is 0 Å². The number of ether oxygens (including phenoxy) is 1. The minimum absolute atomic E-state index is 0.000223. The van der Waals surface area contributed by atoms with Crippen molar-refractivity contribution in [3.05, 3.63) is 35.9 Å². The minimum atomic E-state index is -0.000223. The lowest BCUT2D eigenvalue weighted by Gasteiger charge is -2.29. The lowest BCUT2D eigenvalue weighted by atomic mass is 10.0. The van der Waals surface area contributed by atoms with E-state index in [2.05, 4.69) is 12.2 Å². The SMILES string of the molecule is CCC[NH+]1CCC(NC(=O)/C=C/c2ccc(OC)cc2)CC1. The molecule has 0 spiro atoms. The van der Waals surface area contributed by atoms with Crippen LogP contribution in [0.5, 0.6) is 5.75 Å². The van der Waals surface area contributed by atoms with E-state index in [-0.39, 0.29) is 5.91 Å². The fourth-order valence-corrected chi connectivity index (χ4v) is 2.91. The van der Waals surface area contributed by atoms with Crippen LogP contribution >= 0.6 is 0 Å². The van der Waals surface area contributed by atoms with Gasteiger partial charge in [0.05, 0.1) is 26.7 Å². The van der Waals surface area contributed by atoms with Crippen molar-refractivity contribution in [2.75, 3.05) is 26.7 Å². The molecule has 4 nitrogen and oxygen atoms in total. The molecule has 0 aliphatic carbocycles. The highest BCUT2D eigenvalue weighted by Crippen LogP contribution is 2.12. The van der Waals surface area contributed by atoms with Crippen molar-refractivity contribution in [2.24, 2.45) is 0 Å². The highest BCUT2D eigenvalue weighted by atomic mass is 16.5. The lowest BCUT2D eigenvalue weighted by molar-refractivity contribution is -0.905. The molecule has 0 bridgehead atoms. The normalized spacial score (nSPS) is 21.7. The number of quaternary nitrogens is 1. The summed E-state index contributed by atoms with van der Waals surface area (Å²) in [4.78, 5) is 13.7. The van der Waals surface area contributed by atoms with Gasteiger partial charge in [0.25, 0.3) is 0 Å². The number of amides is 1. The summed E-state index contributed by atoms with van der Waals surface area (Å²) >= 11 is 0. The van der Waals surface area contributed by atoms with Crippen LogP contribution in [0.3, 0.4) is 0 Å². The minimum Gasteiger partial charge on any atom is -0.497 e. The van der Waals surface area contributed by atoms with E-state index >= 15 is 0 Å². The van der Waals surface area contributed by atoms with E-state index in [9.17, 15) is 4.79 Å². The number of carbonyl (C=O) groups excluding carboxylic acids is 1. The molecule has 1 saturated heterocycles. The molecule has 0 unspecified atom stereocenters. The largest absolute Gasteiger partial charge is 0.497 e. The monoisotopic (exact) mass is 303 g/mol. The molecule has 1 heterocycles. The van der Waals surface area contributed by atoms with Gasteiger partial charge in [-0.05, 0) is 30.2 Å². The second-order valence-corrected chi connectivity index (χ2v) is 5.89. The first-order valence-electron chi connectivity index (χ1n) is 8.17. The number of carbonyl (C=O) groups is 1. The first-order valence-corrected chi connectivity index (χ1v) is 8.17. The van der Waals surface area contributed by atoms with Crippen LogP contribution in [0.4, 0.5) is 0 Å². The van der Waals surface area contributed by atoms with Gasteiger partial charge in [0.15, 0.2) is 0 Å². The topological polar surface area (TPSA) is 42.8 Å². The van der Waals surface area contributed by atoms with Gasteiger partial charge in [-0.25, -0.2) is 0 Å². The Morgan fingerprint density at radius 1 is 1.32 bits per heavy atom. The molecular formula is C18H27N2O2+. The zero-order valence-corrected chi connectivity index (χ0v) is 13.6. The molecule has 2 rings (SSSR count). The molecule has 1 aliphatic heterocycles. The Labute approximate surface area is 133 Å².